The standard InChI is InChI=1S/C14H22N2O3/c1-14(2,3)19-10-13(18)16(8-9-17)12-7-5-4-6-11(12)15/h4-7,17H,8-10,15H2,1-3H3. The number of nitrogen functional groups attached to an aromatic ring is 1. The number of aliphatic hydroxyl groups is 1. The average Bonchev–Trinajstić information content (AvgIpc) is 2.33. The van der Waals surface area contributed by atoms with Crippen LogP contribution in [-0.4, -0.2) is 36.4 Å². The fraction of sp³-hybridized carbons (Fsp3) is 0.500. The second-order valence-electron chi connectivity index (χ2n) is 5.23. The van der Waals surface area contributed by atoms with Crippen LogP contribution in [0.5, 0.6) is 0 Å². The van der Waals surface area contributed by atoms with E-state index in [0.29, 0.717) is 11.4 Å². The largest absolute Gasteiger partial charge is 0.397 e. The van der Waals surface area contributed by atoms with E-state index < -0.39 is 0 Å². The number of amides is 1. The molecular formula is C14H22N2O3. The Bertz CT molecular complexity index is 427. The molecule has 0 saturated carbocycles. The SMILES string of the molecule is CC(C)(C)OCC(=O)N(CCO)c1ccccc1N. The first-order chi connectivity index (χ1) is 8.85. The molecule has 19 heavy (non-hydrogen) atoms. The Morgan fingerprint density at radius 2 is 2.00 bits per heavy atom. The van der Waals surface area contributed by atoms with E-state index in [0.717, 1.165) is 0 Å². The third-order valence-electron chi connectivity index (χ3n) is 2.48. The number of rotatable bonds is 5. The van der Waals surface area contributed by atoms with Crippen LogP contribution in [0.3, 0.4) is 0 Å². The van der Waals surface area contributed by atoms with Crippen molar-refractivity contribution in [2.75, 3.05) is 30.4 Å². The first-order valence-corrected chi connectivity index (χ1v) is 6.25. The molecule has 0 bridgehead atoms. The van der Waals surface area contributed by atoms with Crippen LogP contribution in [0.15, 0.2) is 24.3 Å². The zero-order valence-corrected chi connectivity index (χ0v) is 11.7. The van der Waals surface area contributed by atoms with Crippen molar-refractivity contribution < 1.29 is 14.6 Å². The molecule has 0 aliphatic carbocycles. The summed E-state index contributed by atoms with van der Waals surface area (Å²) in [5.74, 6) is -0.220. The fourth-order valence-corrected chi connectivity index (χ4v) is 1.57. The number of para-hydroxylation sites is 2. The van der Waals surface area contributed by atoms with Crippen LogP contribution in [0.4, 0.5) is 11.4 Å². The molecule has 0 fully saturated rings. The zero-order chi connectivity index (χ0) is 14.5. The molecule has 5 nitrogen and oxygen atoms in total. The molecule has 0 aromatic heterocycles. The molecule has 1 aromatic rings. The van der Waals surface area contributed by atoms with Crippen LogP contribution in [0.2, 0.25) is 0 Å². The van der Waals surface area contributed by atoms with Gasteiger partial charge in [-0.2, -0.15) is 0 Å². The fourth-order valence-electron chi connectivity index (χ4n) is 1.57. The van der Waals surface area contributed by atoms with Gasteiger partial charge in [-0.25, -0.2) is 0 Å². The minimum Gasteiger partial charge on any atom is -0.397 e. The summed E-state index contributed by atoms with van der Waals surface area (Å²) in [6.45, 7) is 5.67. The van der Waals surface area contributed by atoms with E-state index in [2.05, 4.69) is 0 Å². The van der Waals surface area contributed by atoms with E-state index in [1.54, 1.807) is 24.3 Å². The number of aliphatic hydroxyl groups excluding tert-OH is 1. The van der Waals surface area contributed by atoms with Crippen LogP contribution in [0, 0.1) is 0 Å². The van der Waals surface area contributed by atoms with Gasteiger partial charge >= 0.3 is 0 Å². The van der Waals surface area contributed by atoms with E-state index >= 15 is 0 Å². The Balaban J connectivity index is 2.83. The van der Waals surface area contributed by atoms with Crippen molar-refractivity contribution in [1.82, 2.24) is 0 Å². The van der Waals surface area contributed by atoms with E-state index in [-0.39, 0.29) is 31.3 Å². The van der Waals surface area contributed by atoms with Gasteiger partial charge in [0.15, 0.2) is 0 Å². The number of benzene rings is 1. The summed E-state index contributed by atoms with van der Waals surface area (Å²) in [5, 5.41) is 9.09. The summed E-state index contributed by atoms with van der Waals surface area (Å²) in [7, 11) is 0. The summed E-state index contributed by atoms with van der Waals surface area (Å²) in [4.78, 5) is 13.6. The van der Waals surface area contributed by atoms with Crippen molar-refractivity contribution in [3.8, 4) is 0 Å². The van der Waals surface area contributed by atoms with Crippen LogP contribution in [0.25, 0.3) is 0 Å². The molecule has 0 aliphatic heterocycles. The number of carbonyl (C=O) groups excluding carboxylic acids is 1. The van der Waals surface area contributed by atoms with Crippen molar-refractivity contribution >= 4 is 17.3 Å². The molecule has 1 rings (SSSR count). The molecule has 0 heterocycles. The van der Waals surface area contributed by atoms with Gasteiger partial charge in [0.25, 0.3) is 5.91 Å². The summed E-state index contributed by atoms with van der Waals surface area (Å²) >= 11 is 0. The Morgan fingerprint density at radius 3 is 2.53 bits per heavy atom. The number of ether oxygens (including phenoxy) is 1. The third-order valence-corrected chi connectivity index (χ3v) is 2.48. The molecule has 0 atom stereocenters. The van der Waals surface area contributed by atoms with Crippen LogP contribution >= 0.6 is 0 Å². The van der Waals surface area contributed by atoms with E-state index in [1.807, 2.05) is 20.8 Å². The highest BCUT2D eigenvalue weighted by Gasteiger charge is 2.20. The lowest BCUT2D eigenvalue weighted by molar-refractivity contribution is -0.128. The molecule has 1 amide bonds. The number of nitrogens with zero attached hydrogens (tertiary/aromatic N) is 1. The van der Waals surface area contributed by atoms with E-state index in [9.17, 15) is 4.79 Å². The molecule has 106 valence electrons. The van der Waals surface area contributed by atoms with Crippen LogP contribution in [0.1, 0.15) is 20.8 Å². The second kappa shape index (κ2) is 6.54. The van der Waals surface area contributed by atoms with Gasteiger partial charge in [-0.1, -0.05) is 12.1 Å². The lowest BCUT2D eigenvalue weighted by atomic mass is 10.2. The molecule has 0 saturated heterocycles. The lowest BCUT2D eigenvalue weighted by Gasteiger charge is -2.26. The zero-order valence-electron chi connectivity index (χ0n) is 11.7. The Kier molecular flexibility index (Phi) is 5.32. The first-order valence-electron chi connectivity index (χ1n) is 6.25. The molecule has 0 spiro atoms. The minimum absolute atomic E-state index is 0.0438. The highest BCUT2D eigenvalue weighted by Crippen LogP contribution is 2.22. The predicted molar refractivity (Wildman–Crippen MR) is 76.0 cm³/mol. The number of hydrogen-bond acceptors (Lipinski definition) is 4. The van der Waals surface area contributed by atoms with Gasteiger partial charge in [-0.05, 0) is 32.9 Å². The van der Waals surface area contributed by atoms with E-state index in [4.69, 9.17) is 15.6 Å². The highest BCUT2D eigenvalue weighted by molar-refractivity contribution is 5.97. The van der Waals surface area contributed by atoms with Crippen molar-refractivity contribution in [2.45, 2.75) is 26.4 Å². The van der Waals surface area contributed by atoms with Gasteiger partial charge in [0.05, 0.1) is 23.6 Å². The van der Waals surface area contributed by atoms with Crippen molar-refractivity contribution in [3.63, 3.8) is 0 Å². The summed E-state index contributed by atoms with van der Waals surface area (Å²) in [5.41, 5.74) is 6.57. The van der Waals surface area contributed by atoms with Crippen LogP contribution in [-0.2, 0) is 9.53 Å². The Labute approximate surface area is 114 Å². The molecule has 0 unspecified atom stereocenters. The molecule has 0 aliphatic rings. The van der Waals surface area contributed by atoms with Crippen molar-refractivity contribution in [3.05, 3.63) is 24.3 Å². The summed E-state index contributed by atoms with van der Waals surface area (Å²) < 4.78 is 5.47. The maximum absolute atomic E-state index is 12.2. The van der Waals surface area contributed by atoms with Gasteiger partial charge in [-0.3, -0.25) is 4.79 Å². The number of anilines is 2. The second-order valence-corrected chi connectivity index (χ2v) is 5.23. The average molecular weight is 266 g/mol. The number of nitrogens with two attached hydrogens (primary N) is 1. The number of carbonyl (C=O) groups is 1. The van der Waals surface area contributed by atoms with Gasteiger partial charge in [0.2, 0.25) is 0 Å². The molecule has 5 heteroatoms. The molecule has 0 radical (unpaired) electrons. The summed E-state index contributed by atoms with van der Waals surface area (Å²) in [6.07, 6.45) is 0. The maximum atomic E-state index is 12.2. The highest BCUT2D eigenvalue weighted by atomic mass is 16.5. The number of hydrogen-bond donors (Lipinski definition) is 2. The van der Waals surface area contributed by atoms with Crippen LogP contribution < -0.4 is 10.6 Å². The molecular weight excluding hydrogens is 244 g/mol. The minimum atomic E-state index is -0.386. The smallest absolute Gasteiger partial charge is 0.253 e. The summed E-state index contributed by atoms with van der Waals surface area (Å²) in [6, 6.07) is 7.07. The first kappa shape index (κ1) is 15.5. The quantitative estimate of drug-likeness (QED) is 0.790. The normalized spacial score (nSPS) is 11.4. The predicted octanol–water partition coefficient (Wildman–Crippen LogP) is 1.41. The Morgan fingerprint density at radius 1 is 1.37 bits per heavy atom. The van der Waals surface area contributed by atoms with E-state index in [1.165, 1.54) is 4.90 Å². The van der Waals surface area contributed by atoms with Crippen molar-refractivity contribution in [2.24, 2.45) is 0 Å². The maximum Gasteiger partial charge on any atom is 0.253 e. The van der Waals surface area contributed by atoms with Gasteiger partial charge in [0, 0.05) is 6.54 Å². The topological polar surface area (TPSA) is 75.8 Å². The lowest BCUT2D eigenvalue weighted by Crippen LogP contribution is -2.38. The van der Waals surface area contributed by atoms with Gasteiger partial charge in [0.1, 0.15) is 6.61 Å². The van der Waals surface area contributed by atoms with Gasteiger partial charge in [-0.15, -0.1) is 0 Å². The van der Waals surface area contributed by atoms with Crippen molar-refractivity contribution in [1.29, 1.82) is 0 Å². The monoisotopic (exact) mass is 266 g/mol. The molecule has 1 aromatic carbocycles. The van der Waals surface area contributed by atoms with Gasteiger partial charge < -0.3 is 20.5 Å². The third kappa shape index (κ3) is 4.89. The Hall–Kier alpha value is -1.59. The molecule has 3 N–H and O–H groups in total.